The van der Waals surface area contributed by atoms with Crippen molar-refractivity contribution in [3.8, 4) is 10.8 Å². The number of thiazole rings is 1. The van der Waals surface area contributed by atoms with E-state index in [1.807, 2.05) is 0 Å². The molecule has 0 aliphatic rings. The number of nitrogens with zero attached hydrogens (tertiary/aromatic N) is 3. The maximum atomic E-state index is 5.81. The molecule has 2 aromatic heterocycles. The average molecular weight is 231 g/mol. The van der Waals surface area contributed by atoms with E-state index in [9.17, 15) is 0 Å². The minimum Gasteiger partial charge on any atom is -0.333 e. The molecule has 2 rings (SSSR count). The van der Waals surface area contributed by atoms with Gasteiger partial charge in [-0.25, -0.2) is 4.98 Å². The summed E-state index contributed by atoms with van der Waals surface area (Å²) < 4.78 is 5.01. The normalized spacial score (nSPS) is 10.7. The van der Waals surface area contributed by atoms with Gasteiger partial charge in [0, 0.05) is 6.42 Å². The van der Waals surface area contributed by atoms with E-state index in [1.54, 1.807) is 5.51 Å². The van der Waals surface area contributed by atoms with Crippen LogP contribution in [0.2, 0.25) is 5.15 Å². The van der Waals surface area contributed by atoms with Gasteiger partial charge in [-0.05, 0) is 6.54 Å². The van der Waals surface area contributed by atoms with Gasteiger partial charge in [0.15, 0.2) is 11.0 Å². The first-order chi connectivity index (χ1) is 6.81. The van der Waals surface area contributed by atoms with E-state index in [0.717, 1.165) is 0 Å². The molecular formula is C7H7ClN4OS. The van der Waals surface area contributed by atoms with E-state index in [2.05, 4.69) is 15.1 Å². The molecule has 0 aliphatic heterocycles. The molecule has 74 valence electrons. The van der Waals surface area contributed by atoms with Crippen LogP contribution in [0.4, 0.5) is 0 Å². The van der Waals surface area contributed by atoms with Crippen molar-refractivity contribution in [2.75, 3.05) is 6.54 Å². The smallest absolute Gasteiger partial charge is 0.271 e. The van der Waals surface area contributed by atoms with Crippen molar-refractivity contribution in [2.45, 2.75) is 6.42 Å². The maximum Gasteiger partial charge on any atom is 0.271 e. The van der Waals surface area contributed by atoms with Crippen LogP contribution in [-0.2, 0) is 6.42 Å². The number of aromatic nitrogens is 3. The lowest BCUT2D eigenvalue weighted by Crippen LogP contribution is -2.03. The van der Waals surface area contributed by atoms with E-state index in [4.69, 9.17) is 21.9 Å². The van der Waals surface area contributed by atoms with Crippen LogP contribution >= 0.6 is 22.9 Å². The molecule has 0 radical (unpaired) electrons. The van der Waals surface area contributed by atoms with E-state index < -0.39 is 0 Å². The third-order valence-corrected chi connectivity index (χ3v) is 2.77. The molecule has 0 saturated carbocycles. The third kappa shape index (κ3) is 1.77. The average Bonchev–Trinajstić information content (AvgIpc) is 2.74. The second kappa shape index (κ2) is 4.04. The molecule has 0 fully saturated rings. The van der Waals surface area contributed by atoms with Gasteiger partial charge < -0.3 is 10.3 Å². The number of hydrogen-bond donors (Lipinski definition) is 1. The van der Waals surface area contributed by atoms with Crippen LogP contribution < -0.4 is 5.73 Å². The van der Waals surface area contributed by atoms with Crippen molar-refractivity contribution in [1.29, 1.82) is 0 Å². The van der Waals surface area contributed by atoms with Crippen LogP contribution in [0, 0.1) is 0 Å². The highest BCUT2D eigenvalue weighted by Crippen LogP contribution is 2.29. The lowest BCUT2D eigenvalue weighted by Gasteiger charge is -1.85. The van der Waals surface area contributed by atoms with Gasteiger partial charge in [0.05, 0.1) is 5.51 Å². The van der Waals surface area contributed by atoms with Crippen molar-refractivity contribution in [2.24, 2.45) is 5.73 Å². The lowest BCUT2D eigenvalue weighted by molar-refractivity contribution is 0.423. The van der Waals surface area contributed by atoms with Gasteiger partial charge in [0.1, 0.15) is 4.88 Å². The Kier molecular flexibility index (Phi) is 2.76. The van der Waals surface area contributed by atoms with Crippen LogP contribution in [0.15, 0.2) is 10.0 Å². The number of rotatable bonds is 3. The molecule has 2 heterocycles. The minimum atomic E-state index is 0.387. The van der Waals surface area contributed by atoms with E-state index in [1.165, 1.54) is 11.3 Å². The fourth-order valence-electron chi connectivity index (χ4n) is 0.948. The summed E-state index contributed by atoms with van der Waals surface area (Å²) in [4.78, 5) is 8.71. The first-order valence-electron chi connectivity index (χ1n) is 3.93. The Balaban J connectivity index is 2.29. The fraction of sp³-hybridized carbons (Fsp3) is 0.286. The Labute approximate surface area is 88.9 Å². The van der Waals surface area contributed by atoms with Gasteiger partial charge in [0.25, 0.3) is 5.89 Å². The molecule has 2 N–H and O–H groups in total. The molecular weight excluding hydrogens is 224 g/mol. The van der Waals surface area contributed by atoms with Gasteiger partial charge in [-0.1, -0.05) is 16.8 Å². The summed E-state index contributed by atoms with van der Waals surface area (Å²) in [6.07, 6.45) is 0.597. The first-order valence-corrected chi connectivity index (χ1v) is 5.19. The largest absolute Gasteiger partial charge is 0.333 e. The Bertz CT molecular complexity index is 427. The van der Waals surface area contributed by atoms with Gasteiger partial charge in [-0.15, -0.1) is 11.3 Å². The second-order valence-corrected chi connectivity index (χ2v) is 3.74. The van der Waals surface area contributed by atoms with Gasteiger partial charge in [-0.3, -0.25) is 0 Å². The van der Waals surface area contributed by atoms with Crippen molar-refractivity contribution in [3.63, 3.8) is 0 Å². The molecule has 0 bridgehead atoms. The van der Waals surface area contributed by atoms with Gasteiger partial charge in [0.2, 0.25) is 0 Å². The number of halogens is 1. The molecule has 0 atom stereocenters. The zero-order chi connectivity index (χ0) is 9.97. The van der Waals surface area contributed by atoms with Crippen LogP contribution in [0.1, 0.15) is 5.82 Å². The van der Waals surface area contributed by atoms with Gasteiger partial charge in [-0.2, -0.15) is 4.98 Å². The molecule has 0 aliphatic carbocycles. The number of nitrogens with two attached hydrogens (primary N) is 1. The zero-order valence-corrected chi connectivity index (χ0v) is 8.68. The summed E-state index contributed by atoms with van der Waals surface area (Å²) in [5.41, 5.74) is 6.99. The van der Waals surface area contributed by atoms with Crippen molar-refractivity contribution >= 4 is 22.9 Å². The molecule has 0 amide bonds. The Hall–Kier alpha value is -0.980. The Morgan fingerprint density at radius 3 is 3.07 bits per heavy atom. The predicted octanol–water partition coefficient (Wildman–Crippen LogP) is 1.35. The Morgan fingerprint density at radius 1 is 1.57 bits per heavy atom. The zero-order valence-electron chi connectivity index (χ0n) is 7.11. The summed E-state index contributed by atoms with van der Waals surface area (Å²) in [6.45, 7) is 0.495. The predicted molar refractivity (Wildman–Crippen MR) is 53.2 cm³/mol. The lowest BCUT2D eigenvalue weighted by atomic mass is 10.4. The third-order valence-electron chi connectivity index (χ3n) is 1.55. The van der Waals surface area contributed by atoms with E-state index >= 15 is 0 Å². The van der Waals surface area contributed by atoms with Crippen LogP contribution in [0.5, 0.6) is 0 Å². The number of hydrogen-bond acceptors (Lipinski definition) is 6. The topological polar surface area (TPSA) is 77.8 Å². The monoisotopic (exact) mass is 230 g/mol. The maximum absolute atomic E-state index is 5.81. The highest BCUT2D eigenvalue weighted by molar-refractivity contribution is 7.13. The highest BCUT2D eigenvalue weighted by Gasteiger charge is 2.13. The quantitative estimate of drug-likeness (QED) is 0.861. The van der Waals surface area contributed by atoms with Crippen LogP contribution in [0.3, 0.4) is 0 Å². The van der Waals surface area contributed by atoms with E-state index in [-0.39, 0.29) is 0 Å². The first kappa shape index (κ1) is 9.57. The molecule has 0 unspecified atom stereocenters. The highest BCUT2D eigenvalue weighted by atomic mass is 35.5. The molecule has 14 heavy (non-hydrogen) atoms. The molecule has 0 aromatic carbocycles. The van der Waals surface area contributed by atoms with Crippen LogP contribution in [-0.4, -0.2) is 21.7 Å². The molecule has 0 spiro atoms. The van der Waals surface area contributed by atoms with Gasteiger partial charge >= 0.3 is 0 Å². The minimum absolute atomic E-state index is 0.387. The molecule has 0 saturated heterocycles. The summed E-state index contributed by atoms with van der Waals surface area (Å²) in [5.74, 6) is 0.993. The second-order valence-electron chi connectivity index (χ2n) is 2.53. The summed E-state index contributed by atoms with van der Waals surface area (Å²) in [5, 5.41) is 4.14. The van der Waals surface area contributed by atoms with Crippen LogP contribution in [0.25, 0.3) is 10.8 Å². The van der Waals surface area contributed by atoms with E-state index in [0.29, 0.717) is 34.7 Å². The summed E-state index contributed by atoms with van der Waals surface area (Å²) in [7, 11) is 0. The van der Waals surface area contributed by atoms with Crippen molar-refractivity contribution in [3.05, 3.63) is 16.5 Å². The Morgan fingerprint density at radius 2 is 2.43 bits per heavy atom. The summed E-state index contributed by atoms with van der Waals surface area (Å²) >= 11 is 7.17. The molecule has 7 heteroatoms. The SMILES string of the molecule is NCCc1noc(-c2scnc2Cl)n1. The van der Waals surface area contributed by atoms with Crippen molar-refractivity contribution in [1.82, 2.24) is 15.1 Å². The van der Waals surface area contributed by atoms with Crippen molar-refractivity contribution < 1.29 is 4.52 Å². The molecule has 2 aromatic rings. The summed E-state index contributed by atoms with van der Waals surface area (Å²) in [6, 6.07) is 0. The fourth-order valence-corrected chi connectivity index (χ4v) is 1.87. The molecule has 5 nitrogen and oxygen atoms in total. The standard InChI is InChI=1S/C7H7ClN4OS/c8-6-5(14-3-10-6)7-11-4(1-2-9)12-13-7/h3H,1-2,9H2.